The minimum Gasteiger partial charge on any atom is -0.481 e. The SMILES string of the molecule is O=C(COc1ccc(Br)cc1F)NNC(=O)CC12CC3CC(CC(C3)C1)C2. The van der Waals surface area contributed by atoms with Gasteiger partial charge >= 0.3 is 0 Å². The molecule has 0 saturated heterocycles. The Kier molecular flexibility index (Phi) is 5.14. The first-order valence-corrected chi connectivity index (χ1v) is 10.4. The van der Waals surface area contributed by atoms with Gasteiger partial charge in [0.2, 0.25) is 5.91 Å². The molecule has 4 fully saturated rings. The molecule has 0 unspecified atom stereocenters. The fourth-order valence-electron chi connectivity index (χ4n) is 5.80. The van der Waals surface area contributed by atoms with Gasteiger partial charge in [0, 0.05) is 10.9 Å². The van der Waals surface area contributed by atoms with Gasteiger partial charge in [0.25, 0.3) is 5.91 Å². The molecule has 146 valence electrons. The molecule has 5 nitrogen and oxygen atoms in total. The van der Waals surface area contributed by atoms with Crippen LogP contribution in [0.15, 0.2) is 22.7 Å². The van der Waals surface area contributed by atoms with Gasteiger partial charge in [-0.2, -0.15) is 0 Å². The number of nitrogens with one attached hydrogen (secondary N) is 2. The molecule has 1 aromatic carbocycles. The summed E-state index contributed by atoms with van der Waals surface area (Å²) in [5, 5.41) is 0. The smallest absolute Gasteiger partial charge is 0.276 e. The Bertz CT molecular complexity index is 719. The third-order valence-corrected chi connectivity index (χ3v) is 6.79. The second-order valence-electron chi connectivity index (χ2n) is 8.55. The van der Waals surface area contributed by atoms with E-state index < -0.39 is 11.7 Å². The molecule has 0 aliphatic heterocycles. The summed E-state index contributed by atoms with van der Waals surface area (Å²) in [6.45, 7) is -0.365. The van der Waals surface area contributed by atoms with Gasteiger partial charge in [0.1, 0.15) is 0 Å². The monoisotopic (exact) mass is 438 g/mol. The molecule has 0 aromatic heterocycles. The number of rotatable bonds is 5. The largest absolute Gasteiger partial charge is 0.481 e. The lowest BCUT2D eigenvalue weighted by Crippen LogP contribution is -2.50. The van der Waals surface area contributed by atoms with Crippen LogP contribution in [0.5, 0.6) is 5.75 Å². The van der Waals surface area contributed by atoms with E-state index in [1.807, 2.05) is 0 Å². The normalized spacial score (nSPS) is 30.8. The predicted molar refractivity (Wildman–Crippen MR) is 101 cm³/mol. The number of ether oxygens (including phenoxy) is 1. The maximum Gasteiger partial charge on any atom is 0.276 e. The summed E-state index contributed by atoms with van der Waals surface area (Å²) < 4.78 is 19.4. The Labute approximate surface area is 166 Å². The van der Waals surface area contributed by atoms with Gasteiger partial charge in [-0.05, 0) is 79.9 Å². The Hall–Kier alpha value is -1.63. The highest BCUT2D eigenvalue weighted by molar-refractivity contribution is 9.10. The van der Waals surface area contributed by atoms with Crippen LogP contribution in [-0.4, -0.2) is 18.4 Å². The van der Waals surface area contributed by atoms with Crippen molar-refractivity contribution in [2.45, 2.75) is 44.9 Å². The molecule has 5 rings (SSSR count). The van der Waals surface area contributed by atoms with Crippen LogP contribution in [0.25, 0.3) is 0 Å². The lowest BCUT2D eigenvalue weighted by Gasteiger charge is -2.56. The van der Waals surface area contributed by atoms with E-state index in [0.717, 1.165) is 37.0 Å². The number of hydrazine groups is 1. The zero-order valence-electron chi connectivity index (χ0n) is 15.1. The summed E-state index contributed by atoms with van der Waals surface area (Å²) in [6.07, 6.45) is 7.91. The van der Waals surface area contributed by atoms with Crippen molar-refractivity contribution in [3.63, 3.8) is 0 Å². The Morgan fingerprint density at radius 1 is 1.07 bits per heavy atom. The fraction of sp³-hybridized carbons (Fsp3) is 0.600. The molecule has 27 heavy (non-hydrogen) atoms. The van der Waals surface area contributed by atoms with Crippen molar-refractivity contribution in [2.24, 2.45) is 23.2 Å². The summed E-state index contributed by atoms with van der Waals surface area (Å²) in [7, 11) is 0. The topological polar surface area (TPSA) is 67.4 Å². The summed E-state index contributed by atoms with van der Waals surface area (Å²) in [4.78, 5) is 24.2. The number of carbonyl (C=O) groups excluding carboxylic acids is 2. The first-order chi connectivity index (χ1) is 12.9. The standard InChI is InChI=1S/C20H24BrFN2O3/c21-15-1-2-17(16(22)6-15)27-11-19(26)24-23-18(25)10-20-7-12-3-13(8-20)5-14(4-12)9-20/h1-2,6,12-14H,3-5,7-11H2,(H,23,25)(H,24,26). The summed E-state index contributed by atoms with van der Waals surface area (Å²) in [6, 6.07) is 4.34. The third-order valence-electron chi connectivity index (χ3n) is 6.29. The highest BCUT2D eigenvalue weighted by Crippen LogP contribution is 2.61. The Balaban J connectivity index is 1.23. The molecule has 2 amide bonds. The van der Waals surface area contributed by atoms with Gasteiger partial charge < -0.3 is 4.74 Å². The minimum atomic E-state index is -0.553. The molecule has 0 heterocycles. The van der Waals surface area contributed by atoms with Gasteiger partial charge in [-0.3, -0.25) is 20.4 Å². The van der Waals surface area contributed by atoms with Crippen LogP contribution in [0.2, 0.25) is 0 Å². The van der Waals surface area contributed by atoms with Crippen LogP contribution >= 0.6 is 15.9 Å². The average molecular weight is 439 g/mol. The van der Waals surface area contributed by atoms with Crippen molar-refractivity contribution in [1.82, 2.24) is 10.9 Å². The van der Waals surface area contributed by atoms with E-state index in [0.29, 0.717) is 10.9 Å². The molecule has 1 aromatic rings. The lowest BCUT2D eigenvalue weighted by atomic mass is 9.49. The van der Waals surface area contributed by atoms with E-state index in [1.165, 1.54) is 31.4 Å². The molecular weight excluding hydrogens is 415 g/mol. The van der Waals surface area contributed by atoms with E-state index in [9.17, 15) is 14.0 Å². The van der Waals surface area contributed by atoms with E-state index in [2.05, 4.69) is 26.8 Å². The molecular formula is C20H24BrFN2O3. The minimum absolute atomic E-state index is 0.00626. The van der Waals surface area contributed by atoms with Crippen molar-refractivity contribution in [3.8, 4) is 5.75 Å². The van der Waals surface area contributed by atoms with Crippen LogP contribution < -0.4 is 15.6 Å². The summed E-state index contributed by atoms with van der Waals surface area (Å²) in [5.74, 6) is 1.13. The first kappa shape index (κ1) is 18.7. The molecule has 0 atom stereocenters. The van der Waals surface area contributed by atoms with Crippen molar-refractivity contribution >= 4 is 27.7 Å². The lowest BCUT2D eigenvalue weighted by molar-refractivity contribution is -0.134. The predicted octanol–water partition coefficient (Wildman–Crippen LogP) is 3.72. The van der Waals surface area contributed by atoms with Crippen LogP contribution in [0, 0.1) is 29.0 Å². The van der Waals surface area contributed by atoms with Crippen LogP contribution in [0.3, 0.4) is 0 Å². The van der Waals surface area contributed by atoms with Gasteiger partial charge in [0.15, 0.2) is 18.2 Å². The van der Waals surface area contributed by atoms with Crippen LogP contribution in [0.4, 0.5) is 4.39 Å². The third kappa shape index (κ3) is 4.28. The van der Waals surface area contributed by atoms with Crippen LogP contribution in [-0.2, 0) is 9.59 Å². The molecule has 0 spiro atoms. The molecule has 4 bridgehead atoms. The first-order valence-electron chi connectivity index (χ1n) is 9.56. The van der Waals surface area contributed by atoms with Crippen molar-refractivity contribution in [2.75, 3.05) is 6.61 Å². The second-order valence-corrected chi connectivity index (χ2v) is 9.47. The van der Waals surface area contributed by atoms with Crippen LogP contribution in [0.1, 0.15) is 44.9 Å². The molecule has 0 radical (unpaired) electrons. The van der Waals surface area contributed by atoms with Crippen molar-refractivity contribution in [3.05, 3.63) is 28.5 Å². The van der Waals surface area contributed by atoms with E-state index in [-0.39, 0.29) is 23.7 Å². The summed E-state index contributed by atoms with van der Waals surface area (Å²) in [5.41, 5.74) is 4.99. The van der Waals surface area contributed by atoms with E-state index in [1.54, 1.807) is 6.07 Å². The maximum absolute atomic E-state index is 13.7. The van der Waals surface area contributed by atoms with Gasteiger partial charge in [-0.1, -0.05) is 15.9 Å². The van der Waals surface area contributed by atoms with Crippen molar-refractivity contribution < 1.29 is 18.7 Å². The number of halogens is 2. The number of hydrogen-bond donors (Lipinski definition) is 2. The van der Waals surface area contributed by atoms with Gasteiger partial charge in [0.05, 0.1) is 0 Å². The second kappa shape index (κ2) is 7.41. The number of hydrogen-bond acceptors (Lipinski definition) is 3. The fourth-order valence-corrected chi connectivity index (χ4v) is 6.14. The molecule has 4 saturated carbocycles. The average Bonchev–Trinajstić information content (AvgIpc) is 2.57. The highest BCUT2D eigenvalue weighted by Gasteiger charge is 2.51. The zero-order valence-corrected chi connectivity index (χ0v) is 16.7. The molecule has 4 aliphatic carbocycles. The van der Waals surface area contributed by atoms with Gasteiger partial charge in [-0.25, -0.2) is 4.39 Å². The Morgan fingerprint density at radius 2 is 1.67 bits per heavy atom. The van der Waals surface area contributed by atoms with Crippen molar-refractivity contribution in [1.29, 1.82) is 0 Å². The molecule has 2 N–H and O–H groups in total. The molecule has 7 heteroatoms. The highest BCUT2D eigenvalue weighted by atomic mass is 79.9. The number of carbonyl (C=O) groups is 2. The molecule has 4 aliphatic rings. The Morgan fingerprint density at radius 3 is 2.26 bits per heavy atom. The summed E-state index contributed by atoms with van der Waals surface area (Å²) >= 11 is 3.16. The van der Waals surface area contributed by atoms with E-state index in [4.69, 9.17) is 4.74 Å². The quantitative estimate of drug-likeness (QED) is 0.688. The van der Waals surface area contributed by atoms with E-state index >= 15 is 0 Å². The van der Waals surface area contributed by atoms with Gasteiger partial charge in [-0.15, -0.1) is 0 Å². The zero-order chi connectivity index (χ0) is 19.0. The number of amides is 2. The maximum atomic E-state index is 13.7. The number of benzene rings is 1.